The van der Waals surface area contributed by atoms with E-state index in [0.717, 1.165) is 0 Å². The van der Waals surface area contributed by atoms with Crippen molar-refractivity contribution in [1.29, 1.82) is 0 Å². The molecule has 0 aliphatic rings. The van der Waals surface area contributed by atoms with Gasteiger partial charge in [0.15, 0.2) is 0 Å². The molecule has 0 aromatic heterocycles. The average Bonchev–Trinajstić information content (AvgIpc) is 2.03. The van der Waals surface area contributed by atoms with Gasteiger partial charge in [0.2, 0.25) is 0 Å². The van der Waals surface area contributed by atoms with Crippen LogP contribution in [0.4, 0.5) is 4.39 Å². The molecule has 0 radical (unpaired) electrons. The first-order valence-electron chi connectivity index (χ1n) is 3.72. The SMILES string of the molecule is C=C(C)OCc1ccccc1F. The first-order valence-corrected chi connectivity index (χ1v) is 3.72. The molecule has 0 saturated carbocycles. The third kappa shape index (κ3) is 2.38. The van der Waals surface area contributed by atoms with Gasteiger partial charge < -0.3 is 4.74 Å². The normalized spacial score (nSPS) is 9.50. The summed E-state index contributed by atoms with van der Waals surface area (Å²) in [6.07, 6.45) is 0. The second-order valence-electron chi connectivity index (χ2n) is 2.58. The Morgan fingerprint density at radius 2 is 2.17 bits per heavy atom. The molecule has 1 nitrogen and oxygen atoms in total. The van der Waals surface area contributed by atoms with Crippen molar-refractivity contribution in [2.75, 3.05) is 0 Å². The topological polar surface area (TPSA) is 9.23 Å². The lowest BCUT2D eigenvalue weighted by Gasteiger charge is -2.05. The first kappa shape index (κ1) is 8.78. The summed E-state index contributed by atoms with van der Waals surface area (Å²) in [7, 11) is 0. The molecule has 0 bridgehead atoms. The van der Waals surface area contributed by atoms with Crippen molar-refractivity contribution in [3.8, 4) is 0 Å². The predicted molar refractivity (Wildman–Crippen MR) is 46.0 cm³/mol. The predicted octanol–water partition coefficient (Wildman–Crippen LogP) is 2.88. The maximum absolute atomic E-state index is 12.9. The molecule has 1 rings (SSSR count). The summed E-state index contributed by atoms with van der Waals surface area (Å²) in [6, 6.07) is 6.54. The van der Waals surface area contributed by atoms with Gasteiger partial charge in [0.25, 0.3) is 0 Å². The highest BCUT2D eigenvalue weighted by Crippen LogP contribution is 2.08. The fraction of sp³-hybridized carbons (Fsp3) is 0.200. The van der Waals surface area contributed by atoms with Gasteiger partial charge in [-0.1, -0.05) is 24.8 Å². The Hall–Kier alpha value is -1.31. The molecule has 0 spiro atoms. The van der Waals surface area contributed by atoms with Gasteiger partial charge >= 0.3 is 0 Å². The lowest BCUT2D eigenvalue weighted by atomic mass is 10.2. The molecular weight excluding hydrogens is 155 g/mol. The van der Waals surface area contributed by atoms with Crippen LogP contribution in [0.5, 0.6) is 0 Å². The van der Waals surface area contributed by atoms with E-state index in [1.165, 1.54) is 6.07 Å². The molecule has 2 heteroatoms. The second kappa shape index (κ2) is 3.90. The van der Waals surface area contributed by atoms with Gasteiger partial charge in [-0.3, -0.25) is 0 Å². The maximum atomic E-state index is 12.9. The molecular formula is C10H11FO. The average molecular weight is 166 g/mol. The molecule has 1 aromatic carbocycles. The molecule has 0 N–H and O–H groups in total. The van der Waals surface area contributed by atoms with Crippen molar-refractivity contribution in [2.45, 2.75) is 13.5 Å². The Kier molecular flexibility index (Phi) is 2.86. The number of benzene rings is 1. The number of hydrogen-bond acceptors (Lipinski definition) is 1. The van der Waals surface area contributed by atoms with E-state index in [1.54, 1.807) is 25.1 Å². The largest absolute Gasteiger partial charge is 0.494 e. The number of hydrogen-bond donors (Lipinski definition) is 0. The Morgan fingerprint density at radius 1 is 1.50 bits per heavy atom. The smallest absolute Gasteiger partial charge is 0.129 e. The van der Waals surface area contributed by atoms with E-state index >= 15 is 0 Å². The van der Waals surface area contributed by atoms with Gasteiger partial charge in [0.05, 0.1) is 5.76 Å². The van der Waals surface area contributed by atoms with Crippen molar-refractivity contribution in [1.82, 2.24) is 0 Å². The highest BCUT2D eigenvalue weighted by Gasteiger charge is 1.99. The quantitative estimate of drug-likeness (QED) is 0.627. The molecule has 12 heavy (non-hydrogen) atoms. The van der Waals surface area contributed by atoms with E-state index in [4.69, 9.17) is 4.74 Å². The van der Waals surface area contributed by atoms with Crippen molar-refractivity contribution in [2.24, 2.45) is 0 Å². The molecule has 0 unspecified atom stereocenters. The van der Waals surface area contributed by atoms with Crippen molar-refractivity contribution >= 4 is 0 Å². The second-order valence-corrected chi connectivity index (χ2v) is 2.58. The highest BCUT2D eigenvalue weighted by molar-refractivity contribution is 5.16. The summed E-state index contributed by atoms with van der Waals surface area (Å²) in [6.45, 7) is 5.54. The molecule has 0 saturated heterocycles. The zero-order valence-electron chi connectivity index (χ0n) is 7.01. The summed E-state index contributed by atoms with van der Waals surface area (Å²) >= 11 is 0. The minimum atomic E-state index is -0.237. The first-order chi connectivity index (χ1) is 5.70. The number of rotatable bonds is 3. The van der Waals surface area contributed by atoms with Gasteiger partial charge in [-0.05, 0) is 13.0 Å². The molecule has 0 heterocycles. The Bertz CT molecular complexity index is 281. The summed E-state index contributed by atoms with van der Waals surface area (Å²) in [5.41, 5.74) is 0.556. The Labute approximate surface area is 71.5 Å². The van der Waals surface area contributed by atoms with Crippen LogP contribution in [-0.4, -0.2) is 0 Å². The Morgan fingerprint density at radius 3 is 2.75 bits per heavy atom. The third-order valence-electron chi connectivity index (χ3n) is 1.43. The van der Waals surface area contributed by atoms with E-state index in [2.05, 4.69) is 6.58 Å². The van der Waals surface area contributed by atoms with E-state index in [1.807, 2.05) is 0 Å². The summed E-state index contributed by atoms with van der Waals surface area (Å²) in [4.78, 5) is 0. The minimum Gasteiger partial charge on any atom is -0.494 e. The Balaban J connectivity index is 2.63. The molecule has 0 atom stereocenters. The number of ether oxygens (including phenoxy) is 1. The van der Waals surface area contributed by atoms with Gasteiger partial charge in [0, 0.05) is 5.56 Å². The van der Waals surface area contributed by atoms with Crippen LogP contribution in [-0.2, 0) is 11.3 Å². The van der Waals surface area contributed by atoms with Crippen LogP contribution in [0.1, 0.15) is 12.5 Å². The number of halogens is 1. The van der Waals surface area contributed by atoms with Crippen LogP contribution in [0.25, 0.3) is 0 Å². The summed E-state index contributed by atoms with van der Waals surface area (Å²) < 4.78 is 18.0. The van der Waals surface area contributed by atoms with Crippen LogP contribution in [0.15, 0.2) is 36.6 Å². The molecule has 1 aromatic rings. The van der Waals surface area contributed by atoms with Gasteiger partial charge in [-0.25, -0.2) is 4.39 Å². The van der Waals surface area contributed by atoms with Crippen LogP contribution in [0, 0.1) is 5.82 Å². The van der Waals surface area contributed by atoms with Gasteiger partial charge in [-0.15, -0.1) is 0 Å². The van der Waals surface area contributed by atoms with E-state index in [9.17, 15) is 4.39 Å². The highest BCUT2D eigenvalue weighted by atomic mass is 19.1. The third-order valence-corrected chi connectivity index (χ3v) is 1.43. The standard InChI is InChI=1S/C10H11FO/c1-8(2)12-7-9-5-3-4-6-10(9)11/h3-6H,1,7H2,2H3. The van der Waals surface area contributed by atoms with Crippen LogP contribution >= 0.6 is 0 Å². The molecule has 64 valence electrons. The summed E-state index contributed by atoms with van der Waals surface area (Å²) in [5, 5.41) is 0. The van der Waals surface area contributed by atoms with Crippen LogP contribution < -0.4 is 0 Å². The van der Waals surface area contributed by atoms with Crippen LogP contribution in [0.2, 0.25) is 0 Å². The van der Waals surface area contributed by atoms with Crippen molar-refractivity contribution in [3.63, 3.8) is 0 Å². The zero-order valence-corrected chi connectivity index (χ0v) is 7.01. The lowest BCUT2D eigenvalue weighted by molar-refractivity contribution is 0.198. The zero-order chi connectivity index (χ0) is 8.97. The molecule has 0 amide bonds. The number of allylic oxidation sites excluding steroid dienone is 1. The van der Waals surface area contributed by atoms with Gasteiger partial charge in [-0.2, -0.15) is 0 Å². The monoisotopic (exact) mass is 166 g/mol. The van der Waals surface area contributed by atoms with E-state index in [0.29, 0.717) is 11.3 Å². The fourth-order valence-electron chi connectivity index (χ4n) is 0.816. The minimum absolute atomic E-state index is 0.237. The van der Waals surface area contributed by atoms with Gasteiger partial charge in [0.1, 0.15) is 12.4 Å². The van der Waals surface area contributed by atoms with E-state index < -0.39 is 0 Å². The molecule has 0 fully saturated rings. The fourth-order valence-corrected chi connectivity index (χ4v) is 0.816. The van der Waals surface area contributed by atoms with Crippen LogP contribution in [0.3, 0.4) is 0 Å². The molecule has 0 aliphatic carbocycles. The molecule has 0 aliphatic heterocycles. The van der Waals surface area contributed by atoms with Crippen molar-refractivity contribution < 1.29 is 9.13 Å². The van der Waals surface area contributed by atoms with E-state index in [-0.39, 0.29) is 12.4 Å². The summed E-state index contributed by atoms with van der Waals surface area (Å²) in [5.74, 6) is 0.358. The maximum Gasteiger partial charge on any atom is 0.129 e. The van der Waals surface area contributed by atoms with Crippen molar-refractivity contribution in [3.05, 3.63) is 48.0 Å². The lowest BCUT2D eigenvalue weighted by Crippen LogP contribution is -1.93.